The Hall–Kier alpha value is -2.85. The number of nitrogens with one attached hydrogen (secondary N) is 2. The van der Waals surface area contributed by atoms with Crippen LogP contribution in [0, 0.1) is 0 Å². The molecule has 0 aliphatic rings. The van der Waals surface area contributed by atoms with Crippen LogP contribution in [0.3, 0.4) is 0 Å². The number of anilines is 1. The molecule has 1 aromatic heterocycles. The molecule has 5 heteroatoms. The molecule has 0 aliphatic heterocycles. The summed E-state index contributed by atoms with van der Waals surface area (Å²) < 4.78 is 0. The molecule has 2 aromatic carbocycles. The average Bonchev–Trinajstić information content (AvgIpc) is 2.72. The Labute approximate surface area is 164 Å². The number of hydrogen-bond donors (Lipinski definition) is 2. The summed E-state index contributed by atoms with van der Waals surface area (Å²) in [6.07, 6.45) is 3.44. The minimum absolute atomic E-state index is 0.104. The Morgan fingerprint density at radius 2 is 1.74 bits per heavy atom. The molecule has 0 bridgehead atoms. The van der Waals surface area contributed by atoms with Crippen LogP contribution in [0.4, 0.5) is 5.82 Å². The van der Waals surface area contributed by atoms with E-state index in [1.165, 1.54) is 5.56 Å². The van der Waals surface area contributed by atoms with Gasteiger partial charge in [-0.25, -0.2) is 4.98 Å². The normalized spacial score (nSPS) is 10.4. The second-order valence-electron chi connectivity index (χ2n) is 6.22. The van der Waals surface area contributed by atoms with Gasteiger partial charge in [0, 0.05) is 24.3 Å². The number of hydrogen-bond acceptors (Lipinski definition) is 3. The van der Waals surface area contributed by atoms with Crippen molar-refractivity contribution in [3.63, 3.8) is 0 Å². The highest BCUT2D eigenvalue weighted by molar-refractivity contribution is 6.31. The largest absolute Gasteiger partial charge is 0.366 e. The van der Waals surface area contributed by atoms with Crippen molar-refractivity contribution >= 4 is 23.3 Å². The van der Waals surface area contributed by atoms with Crippen molar-refractivity contribution in [2.75, 3.05) is 11.9 Å². The van der Waals surface area contributed by atoms with Crippen LogP contribution >= 0.6 is 11.6 Å². The zero-order valence-corrected chi connectivity index (χ0v) is 15.7. The van der Waals surface area contributed by atoms with Gasteiger partial charge >= 0.3 is 0 Å². The van der Waals surface area contributed by atoms with E-state index < -0.39 is 0 Å². The van der Waals surface area contributed by atoms with Crippen LogP contribution in [0.1, 0.15) is 27.9 Å². The molecular formula is C22H22ClN3O. The standard InChI is InChI=1S/C22H22ClN3O/c23-20-11-5-4-10-18(20)15-25-21-13-12-19(16-26-21)22(27)24-14-6-9-17-7-2-1-3-8-17/h1-5,7-8,10-13,16H,6,9,14-15H2,(H,24,27)(H,25,26). The quantitative estimate of drug-likeness (QED) is 0.557. The molecule has 0 atom stereocenters. The van der Waals surface area contributed by atoms with E-state index in [2.05, 4.69) is 27.8 Å². The molecule has 4 nitrogen and oxygen atoms in total. The number of amides is 1. The first-order chi connectivity index (χ1) is 13.2. The van der Waals surface area contributed by atoms with Crippen LogP contribution < -0.4 is 10.6 Å². The number of benzene rings is 2. The van der Waals surface area contributed by atoms with Gasteiger partial charge in [0.15, 0.2) is 0 Å². The van der Waals surface area contributed by atoms with Gasteiger partial charge in [-0.2, -0.15) is 0 Å². The summed E-state index contributed by atoms with van der Waals surface area (Å²) in [5.74, 6) is 0.601. The van der Waals surface area contributed by atoms with Crippen LogP contribution in [0.25, 0.3) is 0 Å². The molecule has 3 aromatic rings. The van der Waals surface area contributed by atoms with Gasteiger partial charge in [0.25, 0.3) is 5.91 Å². The van der Waals surface area contributed by atoms with Crippen molar-refractivity contribution in [2.24, 2.45) is 0 Å². The van der Waals surface area contributed by atoms with Gasteiger partial charge in [0.1, 0.15) is 5.82 Å². The van der Waals surface area contributed by atoms with E-state index in [1.54, 1.807) is 18.3 Å². The maximum Gasteiger partial charge on any atom is 0.252 e. The Balaban J connectivity index is 1.43. The van der Waals surface area contributed by atoms with E-state index in [0.29, 0.717) is 24.5 Å². The van der Waals surface area contributed by atoms with Crippen molar-refractivity contribution in [3.8, 4) is 0 Å². The number of aryl methyl sites for hydroxylation is 1. The van der Waals surface area contributed by atoms with Crippen molar-refractivity contribution in [1.29, 1.82) is 0 Å². The SMILES string of the molecule is O=C(NCCCc1ccccc1)c1ccc(NCc2ccccc2Cl)nc1. The summed E-state index contributed by atoms with van der Waals surface area (Å²) in [6.45, 7) is 1.22. The van der Waals surface area contributed by atoms with E-state index in [4.69, 9.17) is 11.6 Å². The molecule has 0 fully saturated rings. The molecular weight excluding hydrogens is 358 g/mol. The smallest absolute Gasteiger partial charge is 0.252 e. The maximum absolute atomic E-state index is 12.2. The number of pyridine rings is 1. The van der Waals surface area contributed by atoms with Gasteiger partial charge in [0.2, 0.25) is 0 Å². The molecule has 1 heterocycles. The zero-order valence-electron chi connectivity index (χ0n) is 15.0. The van der Waals surface area contributed by atoms with Crippen LogP contribution in [0.5, 0.6) is 0 Å². The highest BCUT2D eigenvalue weighted by Gasteiger charge is 2.06. The maximum atomic E-state index is 12.2. The lowest BCUT2D eigenvalue weighted by Gasteiger charge is -2.08. The summed E-state index contributed by atoms with van der Waals surface area (Å²) in [6, 6.07) is 21.5. The number of aromatic nitrogens is 1. The highest BCUT2D eigenvalue weighted by Crippen LogP contribution is 2.16. The fourth-order valence-electron chi connectivity index (χ4n) is 2.70. The number of carbonyl (C=O) groups is 1. The van der Waals surface area contributed by atoms with Crippen LogP contribution in [0.15, 0.2) is 72.9 Å². The minimum atomic E-state index is -0.104. The molecule has 0 aliphatic carbocycles. The Kier molecular flexibility index (Phi) is 6.83. The summed E-state index contributed by atoms with van der Waals surface area (Å²) in [5.41, 5.74) is 2.83. The molecule has 0 spiro atoms. The molecule has 0 unspecified atom stereocenters. The van der Waals surface area contributed by atoms with Gasteiger partial charge in [0.05, 0.1) is 5.56 Å². The molecule has 1 amide bonds. The lowest BCUT2D eigenvalue weighted by Crippen LogP contribution is -2.24. The Morgan fingerprint density at radius 1 is 0.963 bits per heavy atom. The summed E-state index contributed by atoms with van der Waals surface area (Å²) in [4.78, 5) is 16.5. The van der Waals surface area contributed by atoms with Crippen molar-refractivity contribution in [2.45, 2.75) is 19.4 Å². The molecule has 0 saturated carbocycles. The van der Waals surface area contributed by atoms with Crippen molar-refractivity contribution < 1.29 is 4.79 Å². The predicted octanol–water partition coefficient (Wildman–Crippen LogP) is 4.71. The highest BCUT2D eigenvalue weighted by atomic mass is 35.5. The predicted molar refractivity (Wildman–Crippen MR) is 110 cm³/mol. The summed E-state index contributed by atoms with van der Waals surface area (Å²) >= 11 is 6.14. The second kappa shape index (κ2) is 9.74. The van der Waals surface area contributed by atoms with Crippen molar-refractivity contribution in [1.82, 2.24) is 10.3 Å². The molecule has 3 rings (SSSR count). The summed E-state index contributed by atoms with van der Waals surface area (Å²) in [7, 11) is 0. The Morgan fingerprint density at radius 3 is 2.48 bits per heavy atom. The number of nitrogens with zero attached hydrogens (tertiary/aromatic N) is 1. The van der Waals surface area contributed by atoms with E-state index in [1.807, 2.05) is 42.5 Å². The van der Waals surface area contributed by atoms with Crippen molar-refractivity contribution in [3.05, 3.63) is 94.6 Å². The molecule has 0 saturated heterocycles. The van der Waals surface area contributed by atoms with Crippen LogP contribution in [-0.2, 0) is 13.0 Å². The fraction of sp³-hybridized carbons (Fsp3) is 0.182. The minimum Gasteiger partial charge on any atom is -0.366 e. The van der Waals surface area contributed by atoms with E-state index in [9.17, 15) is 4.79 Å². The first-order valence-electron chi connectivity index (χ1n) is 8.98. The number of carbonyl (C=O) groups excluding carboxylic acids is 1. The van der Waals surface area contributed by atoms with Gasteiger partial charge in [-0.1, -0.05) is 60.1 Å². The zero-order chi connectivity index (χ0) is 18.9. The topological polar surface area (TPSA) is 54.0 Å². The van der Waals surface area contributed by atoms with E-state index in [-0.39, 0.29) is 5.91 Å². The Bertz CT molecular complexity index is 866. The van der Waals surface area contributed by atoms with Gasteiger partial charge in [-0.3, -0.25) is 4.79 Å². The third-order valence-corrected chi connectivity index (χ3v) is 4.58. The number of rotatable bonds is 8. The molecule has 2 N–H and O–H groups in total. The molecule has 0 radical (unpaired) electrons. The first-order valence-corrected chi connectivity index (χ1v) is 9.35. The van der Waals surface area contributed by atoms with E-state index in [0.717, 1.165) is 23.4 Å². The third-order valence-electron chi connectivity index (χ3n) is 4.21. The monoisotopic (exact) mass is 379 g/mol. The second-order valence-corrected chi connectivity index (χ2v) is 6.63. The van der Waals surface area contributed by atoms with Gasteiger partial charge in [-0.05, 0) is 42.2 Å². The molecule has 27 heavy (non-hydrogen) atoms. The van der Waals surface area contributed by atoms with E-state index >= 15 is 0 Å². The summed E-state index contributed by atoms with van der Waals surface area (Å²) in [5, 5.41) is 6.87. The lowest BCUT2D eigenvalue weighted by molar-refractivity contribution is 0.0953. The lowest BCUT2D eigenvalue weighted by atomic mass is 10.1. The van der Waals surface area contributed by atoms with Gasteiger partial charge < -0.3 is 10.6 Å². The van der Waals surface area contributed by atoms with Crippen LogP contribution in [-0.4, -0.2) is 17.4 Å². The third kappa shape index (κ3) is 5.83. The fourth-order valence-corrected chi connectivity index (χ4v) is 2.90. The van der Waals surface area contributed by atoms with Gasteiger partial charge in [-0.15, -0.1) is 0 Å². The first kappa shape index (κ1) is 18.9. The molecule has 138 valence electrons. The average molecular weight is 380 g/mol. The number of halogens is 1. The van der Waals surface area contributed by atoms with Crippen LogP contribution in [0.2, 0.25) is 5.02 Å².